The Morgan fingerprint density at radius 1 is 0.451 bits per heavy atom. The van der Waals surface area contributed by atoms with Crippen LogP contribution in [-0.4, -0.2) is 56.2 Å². The summed E-state index contributed by atoms with van der Waals surface area (Å²) in [7, 11) is 0. The van der Waals surface area contributed by atoms with Gasteiger partial charge in [-0.05, 0) is 112 Å². The first-order valence-corrected chi connectivity index (χ1v) is 15.6. The largest absolute Gasteiger partial charge is 0.549 e. The van der Waals surface area contributed by atoms with Crippen LogP contribution in [-0.2, 0) is 43.5 Å². The molecule has 0 spiro atoms. The number of ether oxygens (including phenoxy) is 3. The van der Waals surface area contributed by atoms with Crippen LogP contribution in [0.1, 0.15) is 77.3 Å². The molecule has 0 bridgehead atoms. The van der Waals surface area contributed by atoms with Crippen LogP contribution in [0.5, 0.6) is 0 Å². The van der Waals surface area contributed by atoms with Crippen LogP contribution in [0.15, 0.2) is 54.6 Å². The highest BCUT2D eigenvalue weighted by Crippen LogP contribution is 2.17. The lowest BCUT2D eigenvalue weighted by atomic mass is 10.0. The van der Waals surface area contributed by atoms with E-state index in [4.69, 9.17) is 14.2 Å². The number of hydrogen-bond acceptors (Lipinski definition) is 15. The highest BCUT2D eigenvalue weighted by atomic mass is 17.2. The molecule has 0 N–H and O–H groups in total. The summed E-state index contributed by atoms with van der Waals surface area (Å²) >= 11 is 0. The van der Waals surface area contributed by atoms with Gasteiger partial charge >= 0.3 is 36.4 Å². The summed E-state index contributed by atoms with van der Waals surface area (Å²) in [5, 5.41) is 0. The molecule has 0 amide bonds. The normalized spacial score (nSPS) is 10.4. The molecular weight excluding hydrogens is 672 g/mol. The first-order chi connectivity index (χ1) is 24.3. The van der Waals surface area contributed by atoms with Crippen molar-refractivity contribution in [1.82, 2.24) is 0 Å². The number of hydrogen-bond donors (Lipinski definition) is 0. The Kier molecular flexibility index (Phi) is 14.8. The highest BCUT2D eigenvalue weighted by Gasteiger charge is 2.22. The van der Waals surface area contributed by atoms with Gasteiger partial charge in [0.05, 0.1) is 36.5 Å². The molecule has 3 rings (SSSR count). The molecule has 0 aliphatic heterocycles. The summed E-state index contributed by atoms with van der Waals surface area (Å²) in [6.45, 7) is 9.51. The van der Waals surface area contributed by atoms with Crippen LogP contribution in [0.2, 0.25) is 0 Å². The molecule has 0 aromatic heterocycles. The molecule has 0 radical (unpaired) electrons. The first kappa shape index (κ1) is 39.3. The predicted octanol–water partition coefficient (Wildman–Crippen LogP) is 7.01. The fraction of sp³-hybridized carbons (Fsp3) is 0.333. The van der Waals surface area contributed by atoms with E-state index in [0.29, 0.717) is 16.7 Å². The Morgan fingerprint density at radius 2 is 0.765 bits per heavy atom. The van der Waals surface area contributed by atoms with Crippen LogP contribution in [0.25, 0.3) is 0 Å². The zero-order valence-electron chi connectivity index (χ0n) is 28.9. The maximum Gasteiger partial charge on any atom is 0.549 e. The minimum absolute atomic E-state index is 0.00954. The van der Waals surface area contributed by atoms with E-state index in [0.717, 1.165) is 16.7 Å². The van der Waals surface area contributed by atoms with Crippen LogP contribution in [0.4, 0.5) is 14.4 Å². The van der Waals surface area contributed by atoms with Crippen molar-refractivity contribution in [3.05, 3.63) is 105 Å². The smallest absolute Gasteiger partial charge is 0.432 e. The zero-order valence-corrected chi connectivity index (χ0v) is 28.9. The molecule has 3 aromatic rings. The quantitative estimate of drug-likeness (QED) is 0.0855. The van der Waals surface area contributed by atoms with Gasteiger partial charge in [-0.25, -0.2) is 43.7 Å². The third-order valence-corrected chi connectivity index (χ3v) is 7.96. The molecule has 0 saturated carbocycles. The van der Waals surface area contributed by atoms with Crippen LogP contribution < -0.4 is 0 Å². The summed E-state index contributed by atoms with van der Waals surface area (Å²) in [6.07, 6.45) is -3.98. The molecular formula is C36H38O15. The molecule has 0 atom stereocenters. The average molecular weight is 711 g/mol. The van der Waals surface area contributed by atoms with Crippen molar-refractivity contribution in [2.24, 2.45) is 5.92 Å². The molecule has 15 nitrogen and oxygen atoms in total. The van der Waals surface area contributed by atoms with Crippen LogP contribution >= 0.6 is 0 Å². The van der Waals surface area contributed by atoms with Crippen molar-refractivity contribution >= 4 is 36.4 Å². The van der Waals surface area contributed by atoms with E-state index in [2.05, 4.69) is 29.3 Å². The molecule has 0 saturated heterocycles. The monoisotopic (exact) mass is 710 g/mol. The maximum atomic E-state index is 12.3. The third kappa shape index (κ3) is 12.1. The fourth-order valence-corrected chi connectivity index (χ4v) is 4.45. The highest BCUT2D eigenvalue weighted by molar-refractivity contribution is 5.92. The lowest BCUT2D eigenvalue weighted by Gasteiger charge is -2.16. The van der Waals surface area contributed by atoms with Crippen LogP contribution in [0, 0.1) is 47.5 Å². The van der Waals surface area contributed by atoms with Gasteiger partial charge in [0.25, 0.3) is 0 Å². The Morgan fingerprint density at radius 3 is 1.10 bits per heavy atom. The number of rotatable bonds is 11. The standard InChI is InChI=1S/C36H38O15/c1-21-10-7-13-28(24(21)4)31(37)46-49-34(40)43-18-16-27(20-45-36(42)51-48-33(39)30-15-9-12-23(3)26(30)6)17-19-44-35(41)50-47-32(38)29-14-8-11-22(2)25(29)5/h7-15,27H,16-20H2,1-6H3. The topological polar surface area (TPSA) is 185 Å². The summed E-state index contributed by atoms with van der Waals surface area (Å²) in [5.41, 5.74) is 5.00. The van der Waals surface area contributed by atoms with Gasteiger partial charge in [-0.2, -0.15) is 14.4 Å². The Labute approximate surface area is 293 Å². The summed E-state index contributed by atoms with van der Waals surface area (Å²) in [4.78, 5) is 100. The molecule has 0 fully saturated rings. The Hall–Kier alpha value is -6.12. The molecule has 51 heavy (non-hydrogen) atoms. The fourth-order valence-electron chi connectivity index (χ4n) is 4.45. The van der Waals surface area contributed by atoms with Gasteiger partial charge in [0.1, 0.15) is 0 Å². The SMILES string of the molecule is Cc1cccc(C(=O)OOC(=O)OCCC(CCOC(=O)OOC(=O)c2cccc(C)c2C)COC(=O)OOC(=O)c2cccc(C)c2C)c1C. The van der Waals surface area contributed by atoms with Gasteiger partial charge in [-0.3, -0.25) is 0 Å². The molecule has 15 heteroatoms. The number of carbonyl (C=O) groups excluding carboxylic acids is 6. The van der Waals surface area contributed by atoms with E-state index in [1.54, 1.807) is 77.9 Å². The summed E-state index contributed by atoms with van der Waals surface area (Å²) in [5.74, 6) is -3.37. The molecule has 0 heterocycles. The van der Waals surface area contributed by atoms with Crippen LogP contribution in [0.3, 0.4) is 0 Å². The number of aryl methyl sites for hydroxylation is 3. The second-order valence-corrected chi connectivity index (χ2v) is 11.3. The van der Waals surface area contributed by atoms with Crippen molar-refractivity contribution in [3.63, 3.8) is 0 Å². The molecule has 272 valence electrons. The van der Waals surface area contributed by atoms with E-state index in [9.17, 15) is 28.8 Å². The van der Waals surface area contributed by atoms with E-state index >= 15 is 0 Å². The van der Waals surface area contributed by atoms with Gasteiger partial charge in [-0.1, -0.05) is 36.4 Å². The molecule has 3 aromatic carbocycles. The molecule has 0 aliphatic carbocycles. The number of carbonyl (C=O) groups is 6. The van der Waals surface area contributed by atoms with E-state index in [-0.39, 0.29) is 49.4 Å². The predicted molar refractivity (Wildman–Crippen MR) is 174 cm³/mol. The zero-order chi connectivity index (χ0) is 37.5. The minimum atomic E-state index is -1.35. The van der Waals surface area contributed by atoms with E-state index < -0.39 is 42.3 Å². The second-order valence-electron chi connectivity index (χ2n) is 11.3. The van der Waals surface area contributed by atoms with Gasteiger partial charge in [0, 0.05) is 0 Å². The first-order valence-electron chi connectivity index (χ1n) is 15.6. The van der Waals surface area contributed by atoms with Gasteiger partial charge < -0.3 is 14.2 Å². The van der Waals surface area contributed by atoms with Crippen molar-refractivity contribution < 1.29 is 72.3 Å². The lowest BCUT2D eigenvalue weighted by molar-refractivity contribution is -0.206. The van der Waals surface area contributed by atoms with E-state index in [1.807, 2.05) is 0 Å². The number of benzene rings is 3. The van der Waals surface area contributed by atoms with Gasteiger partial charge in [0.2, 0.25) is 0 Å². The third-order valence-electron chi connectivity index (χ3n) is 7.96. The average Bonchev–Trinajstić information content (AvgIpc) is 3.10. The minimum Gasteiger partial charge on any atom is -0.432 e. The van der Waals surface area contributed by atoms with Crippen molar-refractivity contribution in [2.45, 2.75) is 54.4 Å². The molecule has 0 aliphatic rings. The maximum absolute atomic E-state index is 12.3. The Bertz CT molecular complexity index is 1660. The van der Waals surface area contributed by atoms with Gasteiger partial charge in [0.15, 0.2) is 0 Å². The van der Waals surface area contributed by atoms with Crippen molar-refractivity contribution in [3.8, 4) is 0 Å². The van der Waals surface area contributed by atoms with Gasteiger partial charge in [-0.15, -0.1) is 0 Å². The second kappa shape index (κ2) is 19.2. The molecule has 0 unspecified atom stereocenters. The van der Waals surface area contributed by atoms with E-state index in [1.165, 1.54) is 18.2 Å². The summed E-state index contributed by atoms with van der Waals surface area (Å²) < 4.78 is 14.9. The lowest BCUT2D eigenvalue weighted by Crippen LogP contribution is -2.22. The Balaban J connectivity index is 1.49. The van der Waals surface area contributed by atoms with Crippen molar-refractivity contribution in [2.75, 3.05) is 19.8 Å². The summed E-state index contributed by atoms with van der Waals surface area (Å²) in [6, 6.07) is 14.8. The van der Waals surface area contributed by atoms with Crippen molar-refractivity contribution in [1.29, 1.82) is 0 Å².